The van der Waals surface area contributed by atoms with Crippen LogP contribution < -0.4 is 32.2 Å². The molecule has 1 aromatic heterocycles. The van der Waals surface area contributed by atoms with E-state index >= 15 is 0 Å². The van der Waals surface area contributed by atoms with Crippen LogP contribution >= 0.6 is 0 Å². The minimum absolute atomic E-state index is 0.0679. The lowest BCUT2D eigenvalue weighted by Crippen LogP contribution is -2.50. The van der Waals surface area contributed by atoms with Crippen molar-refractivity contribution in [3.63, 3.8) is 0 Å². The standard InChI is InChI=1S/C28H44N6O5/c1-17(32-21-15-19(39-5)14-18-10-11-23(28(2,3)4)34-25(18)21)8-7-13-31-24(35)16-22(27(37)38)33-26(36)20(30)9-6-12-29/h10-11,14-15,17,20,22,32H,6-9,12-13,16,29-30H2,1-5H3,(H,31,35)(H,33,36)(H,37,38)/t17?,20-,22?/m1/s1. The summed E-state index contributed by atoms with van der Waals surface area (Å²) in [5, 5.41) is 19.0. The van der Waals surface area contributed by atoms with Crippen molar-refractivity contribution in [3.05, 3.63) is 30.0 Å². The van der Waals surface area contributed by atoms with Crippen LogP contribution in [-0.2, 0) is 19.8 Å². The molecule has 0 aliphatic rings. The second-order valence-electron chi connectivity index (χ2n) is 10.9. The van der Waals surface area contributed by atoms with Crippen molar-refractivity contribution in [2.75, 3.05) is 25.5 Å². The zero-order valence-electron chi connectivity index (χ0n) is 23.7. The quantitative estimate of drug-likeness (QED) is 0.183. The molecule has 0 saturated carbocycles. The number of aliphatic carboxylic acids is 1. The van der Waals surface area contributed by atoms with Gasteiger partial charge in [-0.15, -0.1) is 0 Å². The number of carboxylic acids is 1. The fourth-order valence-corrected chi connectivity index (χ4v) is 4.03. The Kier molecular flexibility index (Phi) is 11.9. The summed E-state index contributed by atoms with van der Waals surface area (Å²) in [6, 6.07) is 5.83. The van der Waals surface area contributed by atoms with Crippen molar-refractivity contribution in [2.45, 2.75) is 83.3 Å². The Balaban J connectivity index is 1.91. The number of nitrogens with zero attached hydrogens (tertiary/aromatic N) is 1. The lowest BCUT2D eigenvalue weighted by atomic mass is 9.91. The number of methoxy groups -OCH3 is 1. The first-order valence-electron chi connectivity index (χ1n) is 13.4. The number of hydrogen-bond donors (Lipinski definition) is 6. The number of amides is 2. The topological polar surface area (TPSA) is 182 Å². The van der Waals surface area contributed by atoms with E-state index in [1.807, 2.05) is 25.1 Å². The van der Waals surface area contributed by atoms with Crippen LogP contribution in [-0.4, -0.2) is 66.2 Å². The molecule has 2 amide bonds. The van der Waals surface area contributed by atoms with Gasteiger partial charge < -0.3 is 37.3 Å². The van der Waals surface area contributed by atoms with E-state index in [1.54, 1.807) is 7.11 Å². The summed E-state index contributed by atoms with van der Waals surface area (Å²) in [4.78, 5) is 40.9. The van der Waals surface area contributed by atoms with Gasteiger partial charge in [-0.1, -0.05) is 26.8 Å². The molecule has 0 radical (unpaired) electrons. The van der Waals surface area contributed by atoms with Crippen LogP contribution in [0, 0.1) is 0 Å². The lowest BCUT2D eigenvalue weighted by molar-refractivity contribution is -0.143. The molecule has 1 aromatic carbocycles. The number of nitrogens with one attached hydrogen (secondary N) is 3. The van der Waals surface area contributed by atoms with Crippen molar-refractivity contribution in [3.8, 4) is 5.75 Å². The van der Waals surface area contributed by atoms with Gasteiger partial charge in [-0.3, -0.25) is 14.6 Å². The number of carboxylic acid groups (broad SMARTS) is 1. The van der Waals surface area contributed by atoms with Crippen LogP contribution in [0.3, 0.4) is 0 Å². The second-order valence-corrected chi connectivity index (χ2v) is 10.9. The van der Waals surface area contributed by atoms with E-state index in [0.29, 0.717) is 32.4 Å². The van der Waals surface area contributed by atoms with Crippen LogP contribution in [0.2, 0.25) is 0 Å². The van der Waals surface area contributed by atoms with E-state index in [-0.39, 0.29) is 17.9 Å². The highest BCUT2D eigenvalue weighted by atomic mass is 16.5. The Bertz CT molecular complexity index is 1130. The third kappa shape index (κ3) is 9.99. The molecule has 0 aliphatic heterocycles. The van der Waals surface area contributed by atoms with Gasteiger partial charge in [0.15, 0.2) is 0 Å². The molecule has 0 spiro atoms. The van der Waals surface area contributed by atoms with Gasteiger partial charge in [0.2, 0.25) is 11.8 Å². The van der Waals surface area contributed by atoms with Gasteiger partial charge in [0.1, 0.15) is 11.8 Å². The summed E-state index contributed by atoms with van der Waals surface area (Å²) in [6.45, 7) is 9.17. The maximum Gasteiger partial charge on any atom is 0.326 e. The Morgan fingerprint density at radius 3 is 2.46 bits per heavy atom. The van der Waals surface area contributed by atoms with Crippen LogP contribution in [0.25, 0.3) is 10.9 Å². The number of fused-ring (bicyclic) bond motifs is 1. The summed E-state index contributed by atoms with van der Waals surface area (Å²) in [5.41, 5.74) is 13.8. The second kappa shape index (κ2) is 14.6. The number of benzene rings is 1. The molecule has 11 nitrogen and oxygen atoms in total. The van der Waals surface area contributed by atoms with Crippen LogP contribution in [0.1, 0.15) is 65.5 Å². The highest BCUT2D eigenvalue weighted by Crippen LogP contribution is 2.31. The highest BCUT2D eigenvalue weighted by Gasteiger charge is 2.25. The monoisotopic (exact) mass is 544 g/mol. The fraction of sp³-hybridized carbons (Fsp3) is 0.571. The first kappa shape index (κ1) is 31.8. The van der Waals surface area contributed by atoms with E-state index in [4.69, 9.17) is 21.2 Å². The molecule has 216 valence electrons. The van der Waals surface area contributed by atoms with Gasteiger partial charge in [-0.2, -0.15) is 0 Å². The Labute approximate surface area is 230 Å². The minimum Gasteiger partial charge on any atom is -0.497 e. The third-order valence-electron chi connectivity index (χ3n) is 6.37. The summed E-state index contributed by atoms with van der Waals surface area (Å²) in [6.07, 6.45) is 1.91. The number of aromatic nitrogens is 1. The molecule has 0 saturated heterocycles. The van der Waals surface area contributed by atoms with E-state index in [2.05, 4.69) is 42.8 Å². The largest absolute Gasteiger partial charge is 0.497 e. The van der Waals surface area contributed by atoms with Crippen LogP contribution in [0.15, 0.2) is 24.3 Å². The molecule has 2 unspecified atom stereocenters. The molecule has 39 heavy (non-hydrogen) atoms. The summed E-state index contributed by atoms with van der Waals surface area (Å²) in [5.74, 6) is -1.64. The molecular formula is C28H44N6O5. The van der Waals surface area contributed by atoms with E-state index in [0.717, 1.165) is 34.5 Å². The Morgan fingerprint density at radius 2 is 1.85 bits per heavy atom. The first-order valence-corrected chi connectivity index (χ1v) is 13.4. The molecule has 11 heteroatoms. The van der Waals surface area contributed by atoms with Gasteiger partial charge in [-0.25, -0.2) is 4.79 Å². The minimum atomic E-state index is -1.35. The Hall–Kier alpha value is -3.44. The predicted molar refractivity (Wildman–Crippen MR) is 153 cm³/mol. The van der Waals surface area contributed by atoms with Crippen molar-refractivity contribution in [2.24, 2.45) is 11.5 Å². The predicted octanol–water partition coefficient (Wildman–Crippen LogP) is 2.26. The number of pyridine rings is 1. The number of carbonyl (C=O) groups is 3. The SMILES string of the molecule is COc1cc(NC(C)CCCNC(=O)CC(NC(=O)[C@H](N)CCCN)C(=O)O)c2nc(C(C)(C)C)ccc2c1. The Morgan fingerprint density at radius 1 is 1.13 bits per heavy atom. The number of rotatable bonds is 15. The zero-order chi connectivity index (χ0) is 29.2. The molecule has 1 heterocycles. The lowest BCUT2D eigenvalue weighted by Gasteiger charge is -2.21. The molecule has 0 bridgehead atoms. The smallest absolute Gasteiger partial charge is 0.326 e. The van der Waals surface area contributed by atoms with Crippen LogP contribution in [0.4, 0.5) is 5.69 Å². The summed E-state index contributed by atoms with van der Waals surface area (Å²) >= 11 is 0. The molecule has 3 atom stereocenters. The normalized spacial score (nSPS) is 13.8. The molecule has 0 fully saturated rings. The van der Waals surface area contributed by atoms with Crippen molar-refractivity contribution in [1.82, 2.24) is 15.6 Å². The average molecular weight is 545 g/mol. The number of hydrogen-bond acceptors (Lipinski definition) is 8. The zero-order valence-corrected chi connectivity index (χ0v) is 23.7. The number of carbonyl (C=O) groups excluding carboxylic acids is 2. The van der Waals surface area contributed by atoms with Crippen molar-refractivity contribution < 1.29 is 24.2 Å². The third-order valence-corrected chi connectivity index (χ3v) is 6.37. The van der Waals surface area contributed by atoms with Crippen LogP contribution in [0.5, 0.6) is 5.75 Å². The molecule has 8 N–H and O–H groups in total. The summed E-state index contributed by atoms with van der Waals surface area (Å²) in [7, 11) is 1.63. The van der Waals surface area contributed by atoms with Crippen molar-refractivity contribution >= 4 is 34.4 Å². The van der Waals surface area contributed by atoms with E-state index in [1.165, 1.54) is 0 Å². The number of anilines is 1. The fourth-order valence-electron chi connectivity index (χ4n) is 4.03. The van der Waals surface area contributed by atoms with Gasteiger partial charge in [0.05, 0.1) is 30.8 Å². The molecule has 2 rings (SSSR count). The van der Waals surface area contributed by atoms with Crippen molar-refractivity contribution in [1.29, 1.82) is 0 Å². The average Bonchev–Trinajstić information content (AvgIpc) is 2.88. The van der Waals surface area contributed by atoms with Gasteiger partial charge in [0, 0.05) is 35.1 Å². The summed E-state index contributed by atoms with van der Waals surface area (Å²) < 4.78 is 5.47. The maximum atomic E-state index is 12.3. The first-order chi connectivity index (χ1) is 18.3. The number of nitrogens with two attached hydrogens (primary N) is 2. The van der Waals surface area contributed by atoms with E-state index < -0.39 is 29.9 Å². The van der Waals surface area contributed by atoms with Gasteiger partial charge in [-0.05, 0) is 51.3 Å². The number of ether oxygens (including phenoxy) is 1. The molecular weight excluding hydrogens is 500 g/mol. The molecule has 2 aromatic rings. The van der Waals surface area contributed by atoms with E-state index in [9.17, 15) is 19.5 Å². The highest BCUT2D eigenvalue weighted by molar-refractivity contribution is 5.92. The maximum absolute atomic E-state index is 12.3. The van der Waals surface area contributed by atoms with Gasteiger partial charge >= 0.3 is 5.97 Å². The molecule has 0 aliphatic carbocycles. The van der Waals surface area contributed by atoms with Gasteiger partial charge in [0.25, 0.3) is 0 Å².